The Hall–Kier alpha value is -5.38. The highest BCUT2D eigenvalue weighted by molar-refractivity contribution is 7.45. The summed E-state index contributed by atoms with van der Waals surface area (Å²) in [5.41, 5.74) is 0.901. The number of ether oxygens (including phenoxy) is 3. The summed E-state index contributed by atoms with van der Waals surface area (Å²) in [6, 6.07) is 19.7. The number of para-hydroxylation sites is 1. The Kier molecular flexibility index (Phi) is 12.2. The van der Waals surface area contributed by atoms with Crippen LogP contribution in [0.5, 0.6) is 17.2 Å². The third kappa shape index (κ3) is 9.62. The van der Waals surface area contributed by atoms with Crippen LogP contribution >= 0.6 is 7.82 Å². The molecule has 264 valence electrons. The molecule has 5 rings (SSSR count). The third-order valence-electron chi connectivity index (χ3n) is 7.03. The first-order valence-electron chi connectivity index (χ1n) is 14.9. The molecule has 1 atom stereocenters. The molecule has 0 spiro atoms. The molecule has 15 nitrogen and oxygen atoms in total. The van der Waals surface area contributed by atoms with E-state index >= 15 is 4.39 Å². The monoisotopic (exact) mass is 711 g/mol. The highest BCUT2D eigenvalue weighted by atomic mass is 31.2. The highest BCUT2D eigenvalue weighted by Gasteiger charge is 2.26. The van der Waals surface area contributed by atoms with Crippen LogP contribution in [0.3, 0.4) is 0 Å². The summed E-state index contributed by atoms with van der Waals surface area (Å²) in [5, 5.41) is 6.03. The van der Waals surface area contributed by atoms with Crippen molar-refractivity contribution in [2.24, 2.45) is 0 Å². The molecule has 0 unspecified atom stereocenters. The molecule has 0 saturated carbocycles. The molecular weight excluding hydrogens is 676 g/mol. The largest absolute Gasteiger partial charge is 0.497 e. The number of pyridine rings is 1. The number of carbonyl (C=O) groups is 2. The molecule has 2 aromatic heterocycles. The Bertz CT molecular complexity index is 2090. The average molecular weight is 712 g/mol. The van der Waals surface area contributed by atoms with Crippen LogP contribution in [0, 0.1) is 12.7 Å². The number of hydrogen-bond acceptors (Lipinski definition) is 9. The lowest BCUT2D eigenvalue weighted by atomic mass is 10.2. The summed E-state index contributed by atoms with van der Waals surface area (Å²) in [6.45, 7) is 3.47. The maximum absolute atomic E-state index is 15.2. The summed E-state index contributed by atoms with van der Waals surface area (Å²) in [6.07, 6.45) is 0.941. The minimum Gasteiger partial charge on any atom is -0.497 e. The number of anilines is 1. The molecule has 0 aliphatic rings. The first-order valence-corrected chi connectivity index (χ1v) is 16.5. The number of methoxy groups -OCH3 is 1. The van der Waals surface area contributed by atoms with Gasteiger partial charge in [-0.05, 0) is 63.4 Å². The third-order valence-corrected chi connectivity index (χ3v) is 7.03. The van der Waals surface area contributed by atoms with Gasteiger partial charge in [-0.2, -0.15) is 0 Å². The number of benzene rings is 3. The minimum absolute atomic E-state index is 0.0307. The fourth-order valence-electron chi connectivity index (χ4n) is 4.94. The van der Waals surface area contributed by atoms with Gasteiger partial charge in [0.05, 0.1) is 37.1 Å². The van der Waals surface area contributed by atoms with Gasteiger partial charge in [-0.25, -0.2) is 13.6 Å². The van der Waals surface area contributed by atoms with Gasteiger partial charge in [-0.3, -0.25) is 24.0 Å². The van der Waals surface area contributed by atoms with Gasteiger partial charge in [-0.15, -0.1) is 0 Å². The number of amides is 1. The van der Waals surface area contributed by atoms with Gasteiger partial charge in [0.1, 0.15) is 23.2 Å². The number of fused-ring (bicyclic) bond motifs is 1. The molecule has 2 heterocycles. The molecular formula is C33H35FN5O10P. The number of nitrogens with zero attached hydrogens (tertiary/aromatic N) is 3. The Morgan fingerprint density at radius 3 is 2.36 bits per heavy atom. The van der Waals surface area contributed by atoms with E-state index in [9.17, 15) is 14.4 Å². The summed E-state index contributed by atoms with van der Waals surface area (Å²) in [5.74, 6) is -0.938. The molecule has 0 aliphatic carbocycles. The molecule has 0 bridgehead atoms. The first kappa shape index (κ1) is 37.4. The molecule has 3 aromatic carbocycles. The molecule has 5 aromatic rings. The quantitative estimate of drug-likeness (QED) is 0.0978. The van der Waals surface area contributed by atoms with E-state index in [1.807, 2.05) is 0 Å². The van der Waals surface area contributed by atoms with Crippen molar-refractivity contribution in [3.8, 4) is 22.9 Å². The number of esters is 1. The zero-order chi connectivity index (χ0) is 36.6. The van der Waals surface area contributed by atoms with Crippen LogP contribution in [-0.4, -0.2) is 67.7 Å². The van der Waals surface area contributed by atoms with Crippen molar-refractivity contribution in [3.05, 3.63) is 106 Å². The summed E-state index contributed by atoms with van der Waals surface area (Å²) in [4.78, 5) is 65.1. The number of nitrogens with one attached hydrogen (secondary N) is 2. The smallest absolute Gasteiger partial charge is 0.466 e. The normalized spacial score (nSPS) is 11.7. The maximum atomic E-state index is 15.2. The highest BCUT2D eigenvalue weighted by Crippen LogP contribution is 2.33. The van der Waals surface area contributed by atoms with Gasteiger partial charge in [0.15, 0.2) is 11.6 Å². The number of carbonyl (C=O) groups excluding carboxylic acids is 2. The Morgan fingerprint density at radius 1 is 1.02 bits per heavy atom. The first-order chi connectivity index (χ1) is 23.7. The van der Waals surface area contributed by atoms with Crippen LogP contribution in [0.1, 0.15) is 23.0 Å². The topological polar surface area (TPSA) is 203 Å². The van der Waals surface area contributed by atoms with Gasteiger partial charge in [0, 0.05) is 29.4 Å². The van der Waals surface area contributed by atoms with E-state index in [1.54, 1.807) is 93.5 Å². The van der Waals surface area contributed by atoms with E-state index < -0.39 is 37.2 Å². The van der Waals surface area contributed by atoms with E-state index in [0.29, 0.717) is 33.8 Å². The molecule has 0 fully saturated rings. The van der Waals surface area contributed by atoms with E-state index in [-0.39, 0.29) is 30.1 Å². The molecule has 1 amide bonds. The van der Waals surface area contributed by atoms with Gasteiger partial charge in [0.25, 0.3) is 11.5 Å². The van der Waals surface area contributed by atoms with E-state index in [1.165, 1.54) is 16.8 Å². The number of phosphoric acid groups is 1. The molecule has 0 radical (unpaired) electrons. The second-order valence-electron chi connectivity index (χ2n) is 10.7. The zero-order valence-electron chi connectivity index (χ0n) is 27.4. The predicted octanol–water partition coefficient (Wildman–Crippen LogP) is 3.91. The number of likely N-dealkylation sites (N-methyl/N-ethyl adjacent to an activating group) is 1. The van der Waals surface area contributed by atoms with Crippen molar-refractivity contribution in [2.75, 3.05) is 26.0 Å². The van der Waals surface area contributed by atoms with Crippen molar-refractivity contribution in [1.82, 2.24) is 19.7 Å². The van der Waals surface area contributed by atoms with Crippen molar-refractivity contribution >= 4 is 36.3 Å². The maximum Gasteiger partial charge on any atom is 0.466 e. The van der Waals surface area contributed by atoms with E-state index in [0.717, 1.165) is 6.07 Å². The molecule has 0 saturated heterocycles. The lowest BCUT2D eigenvalue weighted by Crippen LogP contribution is -2.30. The van der Waals surface area contributed by atoms with E-state index in [4.69, 9.17) is 33.5 Å². The minimum atomic E-state index is -4.64. The van der Waals surface area contributed by atoms with Gasteiger partial charge < -0.3 is 39.5 Å². The van der Waals surface area contributed by atoms with Crippen LogP contribution in [0.2, 0.25) is 0 Å². The molecule has 0 aliphatic heterocycles. The van der Waals surface area contributed by atoms with Crippen LogP contribution in [0.15, 0.2) is 83.8 Å². The van der Waals surface area contributed by atoms with Gasteiger partial charge in [-0.1, -0.05) is 18.2 Å². The predicted molar refractivity (Wildman–Crippen MR) is 181 cm³/mol. The number of halogens is 1. The van der Waals surface area contributed by atoms with Crippen LogP contribution in [0.25, 0.3) is 16.6 Å². The Balaban J connectivity index is 0.00000105. The zero-order valence-corrected chi connectivity index (χ0v) is 28.3. The Labute approximate surface area is 285 Å². The molecule has 17 heteroatoms. The van der Waals surface area contributed by atoms with Gasteiger partial charge >= 0.3 is 13.8 Å². The van der Waals surface area contributed by atoms with Gasteiger partial charge in [0.2, 0.25) is 0 Å². The fourth-order valence-corrected chi connectivity index (χ4v) is 4.94. The van der Waals surface area contributed by atoms with Crippen molar-refractivity contribution < 1.29 is 47.4 Å². The standard InChI is InChI=1S/C33H32FN5O6.H3O4P/c1-20(44-30(40)18-35-3)19-38-21(2)31(33(42)39(38)23-8-6-5-7-9-23)32(41)37-22-10-13-29(26(34)16-22)45-28-14-15-36-27-17-24(43-4)11-12-25(27)28;1-5(2,3)4/h5-17,20,35H,18-19H2,1-4H3,(H,37,41);(H3,1,2,3,4)/t20-;/m1./s1. The lowest BCUT2D eigenvalue weighted by Gasteiger charge is -2.18. The van der Waals surface area contributed by atoms with Crippen LogP contribution < -0.4 is 25.7 Å². The second-order valence-corrected chi connectivity index (χ2v) is 11.8. The fraction of sp³-hybridized carbons (Fsp3) is 0.212. The van der Waals surface area contributed by atoms with Crippen LogP contribution in [0.4, 0.5) is 10.1 Å². The van der Waals surface area contributed by atoms with E-state index in [2.05, 4.69) is 15.6 Å². The number of hydrogen-bond donors (Lipinski definition) is 5. The summed E-state index contributed by atoms with van der Waals surface area (Å²) < 4.78 is 43.6. The van der Waals surface area contributed by atoms with Crippen LogP contribution in [-0.2, 0) is 20.6 Å². The lowest BCUT2D eigenvalue weighted by molar-refractivity contribution is -0.147. The SMILES string of the molecule is CNCC(=O)O[C@H](C)Cn1c(C)c(C(=O)Nc2ccc(Oc3ccnc4cc(OC)ccc34)c(F)c2)c(=O)n1-c1ccccc1.O=P(O)(O)O. The number of rotatable bonds is 11. The summed E-state index contributed by atoms with van der Waals surface area (Å²) >= 11 is 0. The average Bonchev–Trinajstić information content (AvgIpc) is 3.29. The molecule has 5 N–H and O–H groups in total. The van der Waals surface area contributed by atoms with Crippen molar-refractivity contribution in [3.63, 3.8) is 0 Å². The Morgan fingerprint density at radius 2 is 1.72 bits per heavy atom. The van der Waals surface area contributed by atoms with Crippen molar-refractivity contribution in [1.29, 1.82) is 0 Å². The second kappa shape index (κ2) is 16.3. The number of aromatic nitrogens is 3. The van der Waals surface area contributed by atoms with Crippen molar-refractivity contribution in [2.45, 2.75) is 26.5 Å². The molecule has 50 heavy (non-hydrogen) atoms. The summed E-state index contributed by atoms with van der Waals surface area (Å²) in [7, 11) is -1.45.